The van der Waals surface area contributed by atoms with E-state index in [-0.39, 0.29) is 0 Å². The normalized spacial score (nSPS) is 12.1. The molecule has 0 amide bonds. The van der Waals surface area contributed by atoms with Gasteiger partial charge in [0.05, 0.1) is 0 Å². The van der Waals surface area contributed by atoms with Crippen LogP contribution in [0.5, 0.6) is 0 Å². The van der Waals surface area contributed by atoms with Crippen molar-refractivity contribution in [3.63, 3.8) is 0 Å². The molecule has 0 saturated carbocycles. The lowest BCUT2D eigenvalue weighted by Crippen LogP contribution is -1.93. The van der Waals surface area contributed by atoms with Gasteiger partial charge in [0.25, 0.3) is 0 Å². The van der Waals surface area contributed by atoms with Crippen molar-refractivity contribution in [2.24, 2.45) is 0 Å². The average molecular weight is 211 g/mol. The van der Waals surface area contributed by atoms with Gasteiger partial charge in [0, 0.05) is 10.0 Å². The minimum absolute atomic E-state index is 0.731. The third-order valence-corrected chi connectivity index (χ3v) is 2.08. The number of aliphatic hydroxyl groups is 1. The van der Waals surface area contributed by atoms with Crippen molar-refractivity contribution in [3.05, 3.63) is 34.3 Å². The van der Waals surface area contributed by atoms with Gasteiger partial charge in [-0.15, -0.1) is 6.42 Å². The topological polar surface area (TPSA) is 20.2 Å². The van der Waals surface area contributed by atoms with E-state index >= 15 is 0 Å². The summed E-state index contributed by atoms with van der Waals surface area (Å²) in [4.78, 5) is 0. The van der Waals surface area contributed by atoms with Crippen LogP contribution in [0.2, 0.25) is 0 Å². The Labute approximate surface area is 74.2 Å². The highest BCUT2D eigenvalue weighted by atomic mass is 79.9. The minimum Gasteiger partial charge on any atom is -0.376 e. The SMILES string of the molecule is C#C[C@H](O)c1ccccc1Br. The quantitative estimate of drug-likeness (QED) is 0.705. The van der Waals surface area contributed by atoms with Gasteiger partial charge < -0.3 is 5.11 Å². The third kappa shape index (κ3) is 1.83. The standard InChI is InChI=1S/C9H7BrO/c1-2-9(11)7-5-3-4-6-8(7)10/h1,3-6,9,11H/t9-/m0/s1. The van der Waals surface area contributed by atoms with Gasteiger partial charge in [-0.25, -0.2) is 0 Å². The molecule has 1 aromatic carbocycles. The van der Waals surface area contributed by atoms with Crippen LogP contribution in [-0.4, -0.2) is 5.11 Å². The zero-order chi connectivity index (χ0) is 8.27. The molecule has 0 heterocycles. The molecule has 0 spiro atoms. The highest BCUT2D eigenvalue weighted by Gasteiger charge is 2.05. The van der Waals surface area contributed by atoms with Crippen molar-refractivity contribution in [1.29, 1.82) is 0 Å². The first-order valence-corrected chi connectivity index (χ1v) is 3.93. The van der Waals surface area contributed by atoms with Crippen LogP contribution in [0.25, 0.3) is 0 Å². The Bertz CT molecular complexity index is 288. The van der Waals surface area contributed by atoms with Crippen LogP contribution in [0.3, 0.4) is 0 Å². The van der Waals surface area contributed by atoms with E-state index in [0.29, 0.717) is 0 Å². The summed E-state index contributed by atoms with van der Waals surface area (Å²) in [6.45, 7) is 0. The van der Waals surface area contributed by atoms with Gasteiger partial charge in [0.1, 0.15) is 6.10 Å². The van der Waals surface area contributed by atoms with Gasteiger partial charge in [-0.1, -0.05) is 40.0 Å². The summed E-state index contributed by atoms with van der Waals surface area (Å²) in [5.74, 6) is 2.25. The Balaban J connectivity index is 3.05. The van der Waals surface area contributed by atoms with Gasteiger partial charge in [-0.3, -0.25) is 0 Å². The lowest BCUT2D eigenvalue weighted by atomic mass is 10.1. The molecule has 1 N–H and O–H groups in total. The molecule has 0 aliphatic heterocycles. The van der Waals surface area contributed by atoms with Crippen LogP contribution in [0, 0.1) is 12.3 Å². The molecule has 1 atom stereocenters. The van der Waals surface area contributed by atoms with E-state index < -0.39 is 6.10 Å². The van der Waals surface area contributed by atoms with Gasteiger partial charge in [0.2, 0.25) is 0 Å². The maximum Gasteiger partial charge on any atom is 0.141 e. The number of hydrogen-bond acceptors (Lipinski definition) is 1. The molecule has 56 valence electrons. The number of rotatable bonds is 1. The zero-order valence-corrected chi connectivity index (χ0v) is 7.38. The molecular formula is C9H7BrO. The number of halogens is 1. The molecule has 0 unspecified atom stereocenters. The Morgan fingerprint density at radius 3 is 2.64 bits per heavy atom. The lowest BCUT2D eigenvalue weighted by molar-refractivity contribution is 0.238. The molecule has 1 aromatic rings. The second-order valence-electron chi connectivity index (χ2n) is 2.09. The second kappa shape index (κ2) is 3.56. The Morgan fingerprint density at radius 2 is 2.09 bits per heavy atom. The number of terminal acetylenes is 1. The maximum atomic E-state index is 9.24. The van der Waals surface area contributed by atoms with Crippen LogP contribution in [0.15, 0.2) is 28.7 Å². The third-order valence-electron chi connectivity index (χ3n) is 1.36. The van der Waals surface area contributed by atoms with Crippen LogP contribution >= 0.6 is 15.9 Å². The molecule has 0 bridgehead atoms. The molecular weight excluding hydrogens is 204 g/mol. The summed E-state index contributed by atoms with van der Waals surface area (Å²) >= 11 is 3.28. The van der Waals surface area contributed by atoms with Crippen LogP contribution in [0.1, 0.15) is 11.7 Å². The van der Waals surface area contributed by atoms with Crippen molar-refractivity contribution in [3.8, 4) is 12.3 Å². The molecule has 0 fully saturated rings. The Hall–Kier alpha value is -0.780. The second-order valence-corrected chi connectivity index (χ2v) is 2.95. The predicted molar refractivity (Wildman–Crippen MR) is 47.9 cm³/mol. The van der Waals surface area contributed by atoms with E-state index in [0.717, 1.165) is 10.0 Å². The number of aliphatic hydroxyl groups excluding tert-OH is 1. The van der Waals surface area contributed by atoms with Crippen molar-refractivity contribution < 1.29 is 5.11 Å². The summed E-state index contributed by atoms with van der Waals surface area (Å²) in [5, 5.41) is 9.24. The first-order valence-electron chi connectivity index (χ1n) is 3.14. The van der Waals surface area contributed by atoms with E-state index in [2.05, 4.69) is 21.9 Å². The molecule has 0 aliphatic rings. The Kier molecular flexibility index (Phi) is 2.70. The molecule has 1 rings (SSSR count). The van der Waals surface area contributed by atoms with Crippen molar-refractivity contribution in [1.82, 2.24) is 0 Å². The number of benzene rings is 1. The van der Waals surface area contributed by atoms with Crippen LogP contribution in [-0.2, 0) is 0 Å². The summed E-state index contributed by atoms with van der Waals surface area (Å²) in [7, 11) is 0. The fourth-order valence-corrected chi connectivity index (χ4v) is 1.29. The zero-order valence-electron chi connectivity index (χ0n) is 5.79. The van der Waals surface area contributed by atoms with E-state index in [4.69, 9.17) is 6.42 Å². The fourth-order valence-electron chi connectivity index (χ4n) is 0.787. The monoisotopic (exact) mass is 210 g/mol. The molecule has 0 aliphatic carbocycles. The highest BCUT2D eigenvalue weighted by Crippen LogP contribution is 2.21. The average Bonchev–Trinajstić information content (AvgIpc) is 2.04. The van der Waals surface area contributed by atoms with E-state index in [1.165, 1.54) is 0 Å². The van der Waals surface area contributed by atoms with Crippen molar-refractivity contribution in [2.45, 2.75) is 6.10 Å². The largest absolute Gasteiger partial charge is 0.376 e. The minimum atomic E-state index is -0.814. The van der Waals surface area contributed by atoms with E-state index in [1.807, 2.05) is 18.2 Å². The summed E-state index contributed by atoms with van der Waals surface area (Å²) < 4.78 is 0.838. The fraction of sp³-hybridized carbons (Fsp3) is 0.111. The molecule has 0 radical (unpaired) electrons. The summed E-state index contributed by atoms with van der Waals surface area (Å²) in [6, 6.07) is 7.34. The number of hydrogen-bond donors (Lipinski definition) is 1. The maximum absolute atomic E-state index is 9.24. The smallest absolute Gasteiger partial charge is 0.141 e. The van der Waals surface area contributed by atoms with E-state index in [1.54, 1.807) is 6.07 Å². The van der Waals surface area contributed by atoms with E-state index in [9.17, 15) is 5.11 Å². The van der Waals surface area contributed by atoms with Crippen LogP contribution < -0.4 is 0 Å². The van der Waals surface area contributed by atoms with Crippen molar-refractivity contribution in [2.75, 3.05) is 0 Å². The Morgan fingerprint density at radius 1 is 1.45 bits per heavy atom. The van der Waals surface area contributed by atoms with Gasteiger partial charge >= 0.3 is 0 Å². The summed E-state index contributed by atoms with van der Waals surface area (Å²) in [5.41, 5.74) is 0.731. The lowest BCUT2D eigenvalue weighted by Gasteiger charge is -2.04. The molecule has 0 aromatic heterocycles. The predicted octanol–water partition coefficient (Wildman–Crippen LogP) is 2.12. The molecule has 1 nitrogen and oxygen atoms in total. The molecule has 11 heavy (non-hydrogen) atoms. The first-order chi connectivity index (χ1) is 5.25. The highest BCUT2D eigenvalue weighted by molar-refractivity contribution is 9.10. The van der Waals surface area contributed by atoms with Gasteiger partial charge in [-0.2, -0.15) is 0 Å². The van der Waals surface area contributed by atoms with Crippen LogP contribution in [0.4, 0.5) is 0 Å². The van der Waals surface area contributed by atoms with Gasteiger partial charge in [0.15, 0.2) is 0 Å². The molecule has 0 saturated heterocycles. The first kappa shape index (κ1) is 8.32. The summed E-state index contributed by atoms with van der Waals surface area (Å²) in [6.07, 6.45) is 4.24. The van der Waals surface area contributed by atoms with Crippen molar-refractivity contribution >= 4 is 15.9 Å². The van der Waals surface area contributed by atoms with Gasteiger partial charge in [-0.05, 0) is 6.07 Å². The molecule has 2 heteroatoms.